The number of esters is 1. The van der Waals surface area contributed by atoms with E-state index in [4.69, 9.17) is 39.1 Å². The molecular formula is C28H24Cl2N4O5S. The molecule has 0 aliphatic heterocycles. The van der Waals surface area contributed by atoms with Crippen LogP contribution >= 0.6 is 23.2 Å². The second-order valence-corrected chi connectivity index (χ2v) is 11.4. The van der Waals surface area contributed by atoms with Gasteiger partial charge in [0, 0.05) is 27.7 Å². The van der Waals surface area contributed by atoms with E-state index in [-0.39, 0.29) is 38.9 Å². The number of nitrogens with two attached hydrogens (primary N) is 1. The van der Waals surface area contributed by atoms with Gasteiger partial charge >= 0.3 is 5.97 Å². The number of sulfonamides is 1. The van der Waals surface area contributed by atoms with Crippen molar-refractivity contribution < 1.29 is 22.7 Å². The summed E-state index contributed by atoms with van der Waals surface area (Å²) in [6.07, 6.45) is 0. The average Bonchev–Trinajstić information content (AvgIpc) is 2.93. The van der Waals surface area contributed by atoms with E-state index in [9.17, 15) is 18.0 Å². The second-order valence-electron chi connectivity index (χ2n) is 8.70. The van der Waals surface area contributed by atoms with Crippen LogP contribution in [0.1, 0.15) is 21.5 Å². The summed E-state index contributed by atoms with van der Waals surface area (Å²) in [7, 11) is -3.12. The quantitative estimate of drug-likeness (QED) is 0.144. The van der Waals surface area contributed by atoms with Crippen LogP contribution in [0.3, 0.4) is 0 Å². The summed E-state index contributed by atoms with van der Waals surface area (Å²) < 4.78 is 32.8. The molecule has 0 unspecified atom stereocenters. The number of hydrogen-bond acceptors (Lipinski definition) is 6. The number of carbonyl (C=O) groups excluding carboxylic acids is 2. The molecular weight excluding hydrogens is 575 g/mol. The molecule has 4 N–H and O–H groups in total. The third kappa shape index (κ3) is 6.36. The standard InChI is InChI=1S/C28H24Cl2N4O5S/c1-39-26(35)16-34(40(37,38)23-13-20(29)12-21(30)14-23)22-9-10-24-19(11-22)3-2-4-25(24)28(36)33-15-17-5-7-18(8-6-17)27(31)32/h2-14H,15-16H2,1H3,(H3,31,32)(H,33,36). The minimum absolute atomic E-state index is 0.0416. The number of nitrogen functional groups attached to an aromatic ring is 1. The fourth-order valence-electron chi connectivity index (χ4n) is 4.01. The highest BCUT2D eigenvalue weighted by Gasteiger charge is 2.29. The molecule has 0 aliphatic rings. The lowest BCUT2D eigenvalue weighted by atomic mass is 10.0. The van der Waals surface area contributed by atoms with Gasteiger partial charge in [0.25, 0.3) is 15.9 Å². The van der Waals surface area contributed by atoms with Crippen molar-refractivity contribution in [2.24, 2.45) is 5.73 Å². The molecule has 206 valence electrons. The summed E-state index contributed by atoms with van der Waals surface area (Å²) in [5, 5.41) is 11.7. The van der Waals surface area contributed by atoms with Gasteiger partial charge in [0.1, 0.15) is 12.4 Å². The zero-order valence-corrected chi connectivity index (χ0v) is 23.5. The number of rotatable bonds is 9. The van der Waals surface area contributed by atoms with Crippen LogP contribution in [-0.2, 0) is 26.1 Å². The number of ether oxygens (including phenoxy) is 1. The van der Waals surface area contributed by atoms with E-state index in [1.807, 2.05) is 0 Å². The van der Waals surface area contributed by atoms with E-state index in [1.54, 1.807) is 54.6 Å². The lowest BCUT2D eigenvalue weighted by Crippen LogP contribution is -2.36. The van der Waals surface area contributed by atoms with Gasteiger partial charge in [-0.3, -0.25) is 19.3 Å². The van der Waals surface area contributed by atoms with Crippen molar-refractivity contribution >= 4 is 67.4 Å². The van der Waals surface area contributed by atoms with Crippen LogP contribution in [0.4, 0.5) is 5.69 Å². The summed E-state index contributed by atoms with van der Waals surface area (Å²) >= 11 is 12.1. The molecule has 4 aromatic rings. The van der Waals surface area contributed by atoms with E-state index < -0.39 is 22.5 Å². The Hall–Kier alpha value is -4.12. The third-order valence-electron chi connectivity index (χ3n) is 6.04. The fourth-order valence-corrected chi connectivity index (χ4v) is 6.13. The zero-order chi connectivity index (χ0) is 29.0. The summed E-state index contributed by atoms with van der Waals surface area (Å²) in [5.41, 5.74) is 7.45. The fraction of sp³-hybridized carbons (Fsp3) is 0.107. The number of anilines is 1. The molecule has 0 spiro atoms. The summed E-state index contributed by atoms with van der Waals surface area (Å²) in [4.78, 5) is 25.1. The third-order valence-corrected chi connectivity index (χ3v) is 8.23. The Balaban J connectivity index is 1.66. The van der Waals surface area contributed by atoms with Gasteiger partial charge in [-0.2, -0.15) is 0 Å². The molecule has 40 heavy (non-hydrogen) atoms. The molecule has 12 heteroatoms. The Labute approximate surface area is 241 Å². The molecule has 0 fully saturated rings. The normalized spacial score (nSPS) is 11.2. The van der Waals surface area contributed by atoms with Gasteiger partial charge in [-0.1, -0.05) is 65.7 Å². The van der Waals surface area contributed by atoms with Crippen LogP contribution < -0.4 is 15.4 Å². The van der Waals surface area contributed by atoms with Crippen LogP contribution in [0.2, 0.25) is 10.0 Å². The molecule has 4 aromatic carbocycles. The van der Waals surface area contributed by atoms with Crippen LogP contribution in [-0.4, -0.2) is 39.8 Å². The largest absolute Gasteiger partial charge is 0.468 e. The molecule has 0 heterocycles. The Bertz CT molecular complexity index is 1710. The highest BCUT2D eigenvalue weighted by atomic mass is 35.5. The molecule has 0 atom stereocenters. The molecule has 4 rings (SSSR count). The molecule has 0 aromatic heterocycles. The van der Waals surface area contributed by atoms with Crippen LogP contribution in [0.15, 0.2) is 83.8 Å². The van der Waals surface area contributed by atoms with Crippen molar-refractivity contribution in [1.82, 2.24) is 5.32 Å². The number of nitrogens with zero attached hydrogens (tertiary/aromatic N) is 1. The maximum Gasteiger partial charge on any atom is 0.326 e. The number of amides is 1. The van der Waals surface area contributed by atoms with E-state index >= 15 is 0 Å². The van der Waals surface area contributed by atoms with Gasteiger partial charge in [-0.05, 0) is 52.7 Å². The van der Waals surface area contributed by atoms with Crippen molar-refractivity contribution in [2.45, 2.75) is 11.4 Å². The maximum atomic E-state index is 13.6. The minimum atomic E-state index is -4.28. The van der Waals surface area contributed by atoms with Crippen molar-refractivity contribution in [3.8, 4) is 0 Å². The number of benzene rings is 4. The van der Waals surface area contributed by atoms with Crippen LogP contribution in [0.25, 0.3) is 10.8 Å². The van der Waals surface area contributed by atoms with E-state index in [1.165, 1.54) is 24.3 Å². The van der Waals surface area contributed by atoms with Gasteiger partial charge in [-0.15, -0.1) is 0 Å². The Morgan fingerprint density at radius 2 is 1.65 bits per heavy atom. The first-order valence-electron chi connectivity index (χ1n) is 11.8. The number of methoxy groups -OCH3 is 1. The number of amidine groups is 1. The van der Waals surface area contributed by atoms with Crippen LogP contribution in [0, 0.1) is 5.41 Å². The Kier molecular flexibility index (Phi) is 8.63. The number of carbonyl (C=O) groups is 2. The summed E-state index contributed by atoms with van der Waals surface area (Å²) in [5.74, 6) is -1.15. The van der Waals surface area contributed by atoms with E-state index in [2.05, 4.69) is 5.32 Å². The van der Waals surface area contributed by atoms with Crippen molar-refractivity contribution in [2.75, 3.05) is 18.0 Å². The highest BCUT2D eigenvalue weighted by molar-refractivity contribution is 7.92. The molecule has 0 saturated carbocycles. The van der Waals surface area contributed by atoms with Gasteiger partial charge in [-0.25, -0.2) is 8.42 Å². The Morgan fingerprint density at radius 1 is 0.975 bits per heavy atom. The maximum absolute atomic E-state index is 13.6. The van der Waals surface area contributed by atoms with Gasteiger partial charge in [0.05, 0.1) is 17.7 Å². The van der Waals surface area contributed by atoms with E-state index in [0.717, 1.165) is 17.0 Å². The topological polar surface area (TPSA) is 143 Å². The SMILES string of the molecule is COC(=O)CN(c1ccc2c(C(=O)NCc3ccc(C(=N)N)cc3)cccc2c1)S(=O)(=O)c1cc(Cl)cc(Cl)c1. The van der Waals surface area contributed by atoms with Crippen molar-refractivity contribution in [1.29, 1.82) is 5.41 Å². The first-order chi connectivity index (χ1) is 19.0. The van der Waals surface area contributed by atoms with E-state index in [0.29, 0.717) is 21.9 Å². The molecule has 1 amide bonds. The number of hydrogen-bond donors (Lipinski definition) is 3. The van der Waals surface area contributed by atoms with Gasteiger partial charge in [0.2, 0.25) is 0 Å². The lowest BCUT2D eigenvalue weighted by Gasteiger charge is -2.24. The van der Waals surface area contributed by atoms with Gasteiger partial charge in [0.15, 0.2) is 0 Å². The molecule has 9 nitrogen and oxygen atoms in total. The monoisotopic (exact) mass is 598 g/mol. The first kappa shape index (κ1) is 28.9. The molecule has 0 bridgehead atoms. The predicted molar refractivity (Wildman–Crippen MR) is 156 cm³/mol. The molecule has 0 aliphatic carbocycles. The number of halogens is 2. The molecule has 0 radical (unpaired) electrons. The minimum Gasteiger partial charge on any atom is -0.468 e. The Morgan fingerprint density at radius 3 is 2.27 bits per heavy atom. The van der Waals surface area contributed by atoms with Crippen molar-refractivity contribution in [3.63, 3.8) is 0 Å². The molecule has 0 saturated heterocycles. The van der Waals surface area contributed by atoms with Gasteiger partial charge < -0.3 is 15.8 Å². The predicted octanol–water partition coefficient (Wildman–Crippen LogP) is 4.73. The highest BCUT2D eigenvalue weighted by Crippen LogP contribution is 2.31. The van der Waals surface area contributed by atoms with Crippen LogP contribution in [0.5, 0.6) is 0 Å². The zero-order valence-electron chi connectivity index (χ0n) is 21.1. The second kappa shape index (κ2) is 12.0. The smallest absolute Gasteiger partial charge is 0.326 e. The summed E-state index contributed by atoms with van der Waals surface area (Å²) in [6.45, 7) is -0.351. The number of nitrogens with one attached hydrogen (secondary N) is 2. The first-order valence-corrected chi connectivity index (χ1v) is 14.0. The average molecular weight is 599 g/mol. The number of fused-ring (bicyclic) bond motifs is 1. The van der Waals surface area contributed by atoms with Crippen molar-refractivity contribution in [3.05, 3.63) is 106 Å². The lowest BCUT2D eigenvalue weighted by molar-refractivity contribution is -0.138. The summed E-state index contributed by atoms with van der Waals surface area (Å²) in [6, 6.07) is 20.6.